The molecule has 21 heavy (non-hydrogen) atoms. The predicted octanol–water partition coefficient (Wildman–Crippen LogP) is 0.750. The highest BCUT2D eigenvalue weighted by Crippen LogP contribution is 2.22. The van der Waals surface area contributed by atoms with Crippen LogP contribution in [-0.4, -0.2) is 49.1 Å². The van der Waals surface area contributed by atoms with Crippen molar-refractivity contribution < 1.29 is 23.4 Å². The number of aliphatic hydroxyl groups is 1. The summed E-state index contributed by atoms with van der Waals surface area (Å²) in [6.45, 7) is 0.323. The summed E-state index contributed by atoms with van der Waals surface area (Å²) in [5.41, 5.74) is 5.36. The molecule has 0 aliphatic carbocycles. The number of nitrogen functional groups attached to an aromatic ring is 1. The van der Waals surface area contributed by atoms with E-state index in [1.165, 1.54) is 19.2 Å². The van der Waals surface area contributed by atoms with Gasteiger partial charge in [-0.25, -0.2) is 17.5 Å². The second-order valence-electron chi connectivity index (χ2n) is 4.67. The molecule has 0 radical (unpaired) electrons. The van der Waals surface area contributed by atoms with Crippen LogP contribution in [0.4, 0.5) is 5.69 Å². The number of sulfonamides is 1. The molecule has 0 saturated carbocycles. The van der Waals surface area contributed by atoms with Gasteiger partial charge in [-0.15, -0.1) is 0 Å². The van der Waals surface area contributed by atoms with E-state index >= 15 is 0 Å². The molecule has 7 nitrogen and oxygen atoms in total. The van der Waals surface area contributed by atoms with E-state index in [2.05, 4.69) is 0 Å². The van der Waals surface area contributed by atoms with Gasteiger partial charge in [0.2, 0.25) is 10.0 Å². The lowest BCUT2D eigenvalue weighted by Gasteiger charge is -2.18. The van der Waals surface area contributed by atoms with E-state index in [1.54, 1.807) is 0 Å². The molecule has 0 spiro atoms. The summed E-state index contributed by atoms with van der Waals surface area (Å²) >= 11 is 0. The molecule has 8 heteroatoms. The number of carboxylic acid groups (broad SMARTS) is 1. The molecular weight excluding hydrogens is 296 g/mol. The van der Waals surface area contributed by atoms with Gasteiger partial charge in [-0.1, -0.05) is 0 Å². The Morgan fingerprint density at radius 1 is 1.29 bits per heavy atom. The number of rotatable bonds is 8. The Hall–Kier alpha value is -1.64. The summed E-state index contributed by atoms with van der Waals surface area (Å²) in [6.07, 6.45) is 1.90. The molecule has 0 aliphatic heterocycles. The lowest BCUT2D eigenvalue weighted by atomic mass is 10.2. The van der Waals surface area contributed by atoms with Crippen LogP contribution in [0.15, 0.2) is 23.1 Å². The Labute approximate surface area is 124 Å². The average Bonchev–Trinajstić information content (AvgIpc) is 2.42. The normalized spacial score (nSPS) is 11.8. The van der Waals surface area contributed by atoms with Crippen LogP contribution in [0.3, 0.4) is 0 Å². The van der Waals surface area contributed by atoms with Gasteiger partial charge < -0.3 is 15.9 Å². The van der Waals surface area contributed by atoms with Crippen molar-refractivity contribution in [3.63, 3.8) is 0 Å². The summed E-state index contributed by atoms with van der Waals surface area (Å²) in [6, 6.07) is 3.70. The van der Waals surface area contributed by atoms with E-state index in [-0.39, 0.29) is 29.3 Å². The van der Waals surface area contributed by atoms with Gasteiger partial charge in [0.05, 0.1) is 10.5 Å². The van der Waals surface area contributed by atoms with Crippen LogP contribution < -0.4 is 5.73 Å². The number of aliphatic hydroxyl groups excluding tert-OH is 1. The van der Waals surface area contributed by atoms with E-state index < -0.39 is 16.0 Å². The van der Waals surface area contributed by atoms with Gasteiger partial charge in [-0.2, -0.15) is 0 Å². The van der Waals surface area contributed by atoms with Crippen LogP contribution in [-0.2, 0) is 10.0 Å². The fourth-order valence-corrected chi connectivity index (χ4v) is 3.22. The average molecular weight is 316 g/mol. The fraction of sp³-hybridized carbons (Fsp3) is 0.462. The maximum absolute atomic E-state index is 12.4. The predicted molar refractivity (Wildman–Crippen MR) is 78.6 cm³/mol. The Morgan fingerprint density at radius 3 is 2.52 bits per heavy atom. The lowest BCUT2D eigenvalue weighted by molar-refractivity contribution is 0.0692. The first kappa shape index (κ1) is 17.4. The Balaban J connectivity index is 2.99. The number of carbonyl (C=O) groups is 1. The fourth-order valence-electron chi connectivity index (χ4n) is 1.85. The number of hydrogen-bond donors (Lipinski definition) is 3. The van der Waals surface area contributed by atoms with Crippen molar-refractivity contribution in [3.8, 4) is 0 Å². The third kappa shape index (κ3) is 4.42. The SMILES string of the molecule is CN(CCCCCO)S(=O)(=O)c1ccc(N)cc1C(=O)O. The second kappa shape index (κ2) is 7.39. The number of benzene rings is 1. The third-order valence-electron chi connectivity index (χ3n) is 3.05. The zero-order valence-electron chi connectivity index (χ0n) is 11.8. The highest BCUT2D eigenvalue weighted by Gasteiger charge is 2.26. The molecule has 0 heterocycles. The molecule has 1 aromatic rings. The van der Waals surface area contributed by atoms with E-state index in [0.717, 1.165) is 10.4 Å². The highest BCUT2D eigenvalue weighted by atomic mass is 32.2. The molecule has 0 aromatic heterocycles. The Morgan fingerprint density at radius 2 is 1.95 bits per heavy atom. The Bertz CT molecular complexity index is 601. The summed E-state index contributed by atoms with van der Waals surface area (Å²) < 4.78 is 25.9. The van der Waals surface area contributed by atoms with Crippen LogP contribution in [0.1, 0.15) is 29.6 Å². The summed E-state index contributed by atoms with van der Waals surface area (Å²) in [5.74, 6) is -1.34. The molecule has 0 atom stereocenters. The topological polar surface area (TPSA) is 121 Å². The van der Waals surface area contributed by atoms with Crippen molar-refractivity contribution in [1.29, 1.82) is 0 Å². The van der Waals surface area contributed by atoms with Crippen molar-refractivity contribution in [1.82, 2.24) is 4.31 Å². The molecule has 0 saturated heterocycles. The number of carboxylic acids is 1. The molecule has 0 fully saturated rings. The van der Waals surface area contributed by atoms with E-state index in [0.29, 0.717) is 19.3 Å². The summed E-state index contributed by atoms with van der Waals surface area (Å²) in [5, 5.41) is 17.8. The van der Waals surface area contributed by atoms with Crippen molar-refractivity contribution in [2.24, 2.45) is 0 Å². The van der Waals surface area contributed by atoms with Crippen molar-refractivity contribution in [2.75, 3.05) is 25.9 Å². The molecular formula is C13H20N2O5S. The smallest absolute Gasteiger partial charge is 0.337 e. The number of nitrogens with two attached hydrogens (primary N) is 1. The van der Waals surface area contributed by atoms with Gasteiger partial charge in [-0.05, 0) is 37.5 Å². The van der Waals surface area contributed by atoms with Gasteiger partial charge in [0.15, 0.2) is 0 Å². The second-order valence-corrected chi connectivity index (χ2v) is 6.68. The third-order valence-corrected chi connectivity index (χ3v) is 4.97. The maximum atomic E-state index is 12.4. The molecule has 1 aromatic carbocycles. The number of nitrogens with zero attached hydrogens (tertiary/aromatic N) is 1. The van der Waals surface area contributed by atoms with Crippen LogP contribution in [0, 0.1) is 0 Å². The monoisotopic (exact) mass is 316 g/mol. The first-order valence-corrected chi connectivity index (χ1v) is 7.94. The molecule has 4 N–H and O–H groups in total. The van der Waals surface area contributed by atoms with Crippen LogP contribution >= 0.6 is 0 Å². The molecule has 0 bridgehead atoms. The van der Waals surface area contributed by atoms with Crippen LogP contribution in [0.2, 0.25) is 0 Å². The molecule has 0 amide bonds. The van der Waals surface area contributed by atoms with Crippen molar-refractivity contribution in [2.45, 2.75) is 24.2 Å². The highest BCUT2D eigenvalue weighted by molar-refractivity contribution is 7.89. The molecule has 0 aliphatic rings. The lowest BCUT2D eigenvalue weighted by Crippen LogP contribution is -2.29. The molecule has 1 rings (SSSR count). The Kier molecular flexibility index (Phi) is 6.13. The van der Waals surface area contributed by atoms with Gasteiger partial charge >= 0.3 is 5.97 Å². The zero-order valence-corrected chi connectivity index (χ0v) is 12.6. The minimum atomic E-state index is -3.88. The summed E-state index contributed by atoms with van der Waals surface area (Å²) in [4.78, 5) is 10.9. The number of unbranched alkanes of at least 4 members (excludes halogenated alkanes) is 2. The quantitative estimate of drug-likeness (QED) is 0.481. The van der Waals surface area contributed by atoms with Gasteiger partial charge in [0, 0.05) is 25.9 Å². The maximum Gasteiger partial charge on any atom is 0.337 e. The molecule has 118 valence electrons. The van der Waals surface area contributed by atoms with E-state index in [1.807, 2.05) is 0 Å². The number of anilines is 1. The van der Waals surface area contributed by atoms with E-state index in [4.69, 9.17) is 15.9 Å². The van der Waals surface area contributed by atoms with Crippen molar-refractivity contribution in [3.05, 3.63) is 23.8 Å². The summed E-state index contributed by atoms with van der Waals surface area (Å²) in [7, 11) is -2.49. The van der Waals surface area contributed by atoms with Gasteiger partial charge in [0.25, 0.3) is 0 Å². The minimum Gasteiger partial charge on any atom is -0.478 e. The standard InChI is InChI=1S/C13H20N2O5S/c1-15(7-3-2-4-8-16)21(19,20)12-6-5-10(14)9-11(12)13(17)18/h5-6,9,16H,2-4,7-8,14H2,1H3,(H,17,18). The minimum absolute atomic E-state index is 0.0671. The van der Waals surface area contributed by atoms with E-state index in [9.17, 15) is 13.2 Å². The van der Waals surface area contributed by atoms with Crippen LogP contribution in [0.25, 0.3) is 0 Å². The van der Waals surface area contributed by atoms with Crippen molar-refractivity contribution >= 4 is 21.7 Å². The largest absolute Gasteiger partial charge is 0.478 e. The molecule has 0 unspecified atom stereocenters. The van der Waals surface area contributed by atoms with Gasteiger partial charge in [0.1, 0.15) is 0 Å². The number of hydrogen-bond acceptors (Lipinski definition) is 5. The first-order chi connectivity index (χ1) is 9.80. The zero-order chi connectivity index (χ0) is 16.0. The van der Waals surface area contributed by atoms with Crippen LogP contribution in [0.5, 0.6) is 0 Å². The van der Waals surface area contributed by atoms with Gasteiger partial charge in [-0.3, -0.25) is 0 Å². The number of aromatic carboxylic acids is 1. The first-order valence-electron chi connectivity index (χ1n) is 6.50.